The highest BCUT2D eigenvalue weighted by Crippen LogP contribution is 2.29. The molecule has 0 fully saturated rings. The lowest BCUT2D eigenvalue weighted by molar-refractivity contribution is 0.0749. The molecule has 1 amide bonds. The molecule has 8 nitrogen and oxygen atoms in total. The Bertz CT molecular complexity index is 1240. The van der Waals surface area contributed by atoms with Crippen molar-refractivity contribution in [2.24, 2.45) is 0 Å². The fraction of sp³-hybridized carbons (Fsp3) is 0.333. The predicted molar refractivity (Wildman–Crippen MR) is 128 cm³/mol. The van der Waals surface area contributed by atoms with Gasteiger partial charge in [-0.2, -0.15) is 0 Å². The number of amides is 1. The number of anilines is 1. The molecular weight excluding hydrogens is 455 g/mol. The summed E-state index contributed by atoms with van der Waals surface area (Å²) in [4.78, 5) is 30.7. The summed E-state index contributed by atoms with van der Waals surface area (Å²) in [5.74, 6) is 0.359. The summed E-state index contributed by atoms with van der Waals surface area (Å²) >= 11 is 0. The molecule has 10 heteroatoms. The monoisotopic (exact) mass is 482 g/mol. The molecule has 4 rings (SSSR count). The van der Waals surface area contributed by atoms with E-state index in [0.717, 1.165) is 17.8 Å². The van der Waals surface area contributed by atoms with E-state index in [4.69, 9.17) is 9.47 Å². The third-order valence-electron chi connectivity index (χ3n) is 5.40. The van der Waals surface area contributed by atoms with Crippen LogP contribution in [-0.4, -0.2) is 35.4 Å². The zero-order chi connectivity index (χ0) is 24.3. The van der Waals surface area contributed by atoms with Gasteiger partial charge in [-0.25, -0.2) is 9.07 Å². The molecule has 0 radical (unpaired) electrons. The van der Waals surface area contributed by atoms with E-state index in [1.165, 1.54) is 21.7 Å². The average molecular weight is 483 g/mol. The van der Waals surface area contributed by atoms with Gasteiger partial charge in [-0.1, -0.05) is 19.6 Å². The second-order valence-electron chi connectivity index (χ2n) is 9.34. The first kappa shape index (κ1) is 23.8. The van der Waals surface area contributed by atoms with E-state index in [9.17, 15) is 14.0 Å². The number of benzene rings is 1. The molecule has 178 valence electrons. The third-order valence-corrected chi connectivity index (χ3v) is 7.10. The lowest BCUT2D eigenvalue weighted by Gasteiger charge is -2.17. The van der Waals surface area contributed by atoms with Gasteiger partial charge in [0, 0.05) is 26.3 Å². The molecule has 0 saturated carbocycles. The van der Waals surface area contributed by atoms with Crippen LogP contribution in [0.1, 0.15) is 21.6 Å². The highest BCUT2D eigenvalue weighted by atomic mass is 28.3. The largest absolute Gasteiger partial charge is 0.487 e. The van der Waals surface area contributed by atoms with E-state index < -0.39 is 13.9 Å². The summed E-state index contributed by atoms with van der Waals surface area (Å²) in [6.45, 7) is 7.87. The lowest BCUT2D eigenvalue weighted by atomic mass is 10.1. The van der Waals surface area contributed by atoms with E-state index in [1.807, 2.05) is 0 Å². The molecule has 34 heavy (non-hydrogen) atoms. The number of fused-ring (bicyclic) bond motifs is 1. The van der Waals surface area contributed by atoms with Gasteiger partial charge in [0.15, 0.2) is 5.82 Å². The fourth-order valence-electron chi connectivity index (χ4n) is 3.42. The summed E-state index contributed by atoms with van der Waals surface area (Å²) < 4.78 is 25.7. The normalized spacial score (nSPS) is 13.3. The van der Waals surface area contributed by atoms with E-state index >= 15 is 0 Å². The van der Waals surface area contributed by atoms with Crippen LogP contribution in [0.25, 0.3) is 0 Å². The Hall–Kier alpha value is -3.37. The van der Waals surface area contributed by atoms with Crippen LogP contribution < -0.4 is 15.2 Å². The smallest absolute Gasteiger partial charge is 0.269 e. The maximum absolute atomic E-state index is 13.0. The number of nitrogens with zero attached hydrogens (tertiary/aromatic N) is 4. The molecule has 2 aromatic heterocycles. The summed E-state index contributed by atoms with van der Waals surface area (Å²) in [5, 5.41) is 4.35. The molecular formula is C24H27FN4O4Si. The topological polar surface area (TPSA) is 86.5 Å². The Kier molecular flexibility index (Phi) is 6.89. The van der Waals surface area contributed by atoms with Crippen molar-refractivity contribution in [3.05, 3.63) is 81.7 Å². The minimum Gasteiger partial charge on any atom is -0.487 e. The summed E-state index contributed by atoms with van der Waals surface area (Å²) in [6.07, 6.45) is 1.14. The van der Waals surface area contributed by atoms with Crippen LogP contribution in [0, 0.1) is 5.82 Å². The van der Waals surface area contributed by atoms with Crippen LogP contribution in [0.2, 0.25) is 25.7 Å². The molecule has 0 unspecified atom stereocenters. The lowest BCUT2D eigenvalue weighted by Crippen LogP contribution is -2.30. The first-order valence-electron chi connectivity index (χ1n) is 11.0. The Morgan fingerprint density at radius 2 is 1.91 bits per heavy atom. The SMILES string of the molecule is C[Si](C)(C)CCOCn1nc(N2Cc3cc(OCc4ccc(F)cn4)ccc3C2=O)ccc1=O. The number of hydrogen-bond acceptors (Lipinski definition) is 6. The number of ether oxygens (including phenoxy) is 2. The van der Waals surface area contributed by atoms with Gasteiger partial charge in [0.1, 0.15) is 24.9 Å². The van der Waals surface area contributed by atoms with Crippen molar-refractivity contribution in [3.8, 4) is 5.75 Å². The Balaban J connectivity index is 1.43. The first-order valence-corrected chi connectivity index (χ1v) is 14.7. The average Bonchev–Trinajstić information content (AvgIpc) is 3.12. The Morgan fingerprint density at radius 1 is 1.09 bits per heavy atom. The number of aromatic nitrogens is 3. The molecule has 0 bridgehead atoms. The molecule has 0 spiro atoms. The number of halogens is 1. The van der Waals surface area contributed by atoms with Gasteiger partial charge in [-0.3, -0.25) is 19.5 Å². The van der Waals surface area contributed by atoms with Crippen LogP contribution in [0.5, 0.6) is 5.75 Å². The molecule has 0 aliphatic carbocycles. The second-order valence-corrected chi connectivity index (χ2v) is 15.0. The van der Waals surface area contributed by atoms with Crippen molar-refractivity contribution < 1.29 is 18.7 Å². The number of hydrogen-bond donors (Lipinski definition) is 0. The van der Waals surface area contributed by atoms with E-state index in [2.05, 4.69) is 29.7 Å². The first-order chi connectivity index (χ1) is 16.2. The quantitative estimate of drug-likeness (QED) is 0.340. The van der Waals surface area contributed by atoms with Gasteiger partial charge in [-0.15, -0.1) is 5.10 Å². The van der Waals surface area contributed by atoms with Crippen LogP contribution in [-0.2, 0) is 24.6 Å². The van der Waals surface area contributed by atoms with E-state index in [1.54, 1.807) is 30.3 Å². The second kappa shape index (κ2) is 9.86. The highest BCUT2D eigenvalue weighted by Gasteiger charge is 2.30. The van der Waals surface area contributed by atoms with Crippen molar-refractivity contribution in [2.45, 2.75) is 45.6 Å². The molecule has 0 atom stereocenters. The molecule has 1 aliphatic heterocycles. The van der Waals surface area contributed by atoms with Gasteiger partial charge in [0.25, 0.3) is 11.5 Å². The number of pyridine rings is 1. The predicted octanol–water partition coefficient (Wildman–Crippen LogP) is 3.83. The van der Waals surface area contributed by atoms with Gasteiger partial charge in [0.05, 0.1) is 18.4 Å². The molecule has 0 saturated heterocycles. The van der Waals surface area contributed by atoms with Crippen molar-refractivity contribution in [2.75, 3.05) is 11.5 Å². The van der Waals surface area contributed by atoms with E-state index in [0.29, 0.717) is 36.0 Å². The van der Waals surface area contributed by atoms with E-state index in [-0.39, 0.29) is 24.8 Å². The van der Waals surface area contributed by atoms with Crippen molar-refractivity contribution >= 4 is 19.8 Å². The minimum absolute atomic E-state index is 0.0432. The maximum atomic E-state index is 13.0. The molecule has 1 aliphatic rings. The van der Waals surface area contributed by atoms with Gasteiger partial charge >= 0.3 is 0 Å². The van der Waals surface area contributed by atoms with Gasteiger partial charge in [-0.05, 0) is 48.0 Å². The van der Waals surface area contributed by atoms with Crippen molar-refractivity contribution in [1.82, 2.24) is 14.8 Å². The Labute approximate surface area is 198 Å². The molecule has 1 aromatic carbocycles. The summed E-state index contributed by atoms with van der Waals surface area (Å²) in [7, 11) is -1.23. The number of rotatable bonds is 9. The van der Waals surface area contributed by atoms with Gasteiger partial charge < -0.3 is 9.47 Å². The van der Waals surface area contributed by atoms with Crippen LogP contribution >= 0.6 is 0 Å². The van der Waals surface area contributed by atoms with Crippen molar-refractivity contribution in [1.29, 1.82) is 0 Å². The third kappa shape index (κ3) is 5.75. The maximum Gasteiger partial charge on any atom is 0.269 e. The summed E-state index contributed by atoms with van der Waals surface area (Å²) in [6, 6.07) is 12.0. The fourth-order valence-corrected chi connectivity index (χ4v) is 4.18. The van der Waals surface area contributed by atoms with Gasteiger partial charge in [0.2, 0.25) is 0 Å². The zero-order valence-corrected chi connectivity index (χ0v) is 20.5. The van der Waals surface area contributed by atoms with Crippen LogP contribution in [0.4, 0.5) is 10.2 Å². The highest BCUT2D eigenvalue weighted by molar-refractivity contribution is 6.76. The number of carbonyl (C=O) groups excluding carboxylic acids is 1. The Morgan fingerprint density at radius 3 is 2.65 bits per heavy atom. The van der Waals surface area contributed by atoms with Crippen LogP contribution in [0.15, 0.2) is 53.5 Å². The zero-order valence-electron chi connectivity index (χ0n) is 19.5. The standard InChI is InChI=1S/C24H27FN4O4Si/c1-34(2,3)11-10-32-16-29-23(30)9-8-22(27-29)28-14-17-12-20(6-7-21(17)24(28)31)33-15-19-5-4-18(25)13-26-19/h4-9,12-13H,10-11,14-16H2,1-3H3. The molecule has 3 aromatic rings. The molecule has 3 heterocycles. The van der Waals surface area contributed by atoms with Crippen molar-refractivity contribution in [3.63, 3.8) is 0 Å². The minimum atomic E-state index is -1.23. The number of carbonyl (C=O) groups is 1. The van der Waals surface area contributed by atoms with Crippen LogP contribution in [0.3, 0.4) is 0 Å². The molecule has 0 N–H and O–H groups in total. The summed E-state index contributed by atoms with van der Waals surface area (Å²) in [5.41, 5.74) is 1.66.